The van der Waals surface area contributed by atoms with Gasteiger partial charge in [-0.1, -0.05) is 26.8 Å². The van der Waals surface area contributed by atoms with E-state index < -0.39 is 10.0 Å². The van der Waals surface area contributed by atoms with Gasteiger partial charge in [0.1, 0.15) is 10.6 Å². The van der Waals surface area contributed by atoms with E-state index in [0.717, 1.165) is 12.0 Å². The third-order valence-corrected chi connectivity index (χ3v) is 6.66. The number of nitrogens with zero attached hydrogens (tertiary/aromatic N) is 1. The summed E-state index contributed by atoms with van der Waals surface area (Å²) in [6.07, 6.45) is 2.25. The molecule has 1 amide bonds. The second kappa shape index (κ2) is 8.86. The van der Waals surface area contributed by atoms with Crippen LogP contribution in [0.1, 0.15) is 51.5 Å². The predicted molar refractivity (Wildman–Crippen MR) is 102 cm³/mol. The molecule has 1 N–H and O–H groups in total. The van der Waals surface area contributed by atoms with E-state index in [1.54, 1.807) is 12.1 Å². The zero-order chi connectivity index (χ0) is 19.3. The largest absolute Gasteiger partial charge is 0.495 e. The summed E-state index contributed by atoms with van der Waals surface area (Å²) in [6.45, 7) is 7.29. The maximum absolute atomic E-state index is 13.2. The fourth-order valence-electron chi connectivity index (χ4n) is 3.16. The van der Waals surface area contributed by atoms with Gasteiger partial charge in [-0.3, -0.25) is 4.79 Å². The molecule has 26 heavy (non-hydrogen) atoms. The van der Waals surface area contributed by atoms with E-state index >= 15 is 0 Å². The van der Waals surface area contributed by atoms with Crippen LogP contribution in [0.25, 0.3) is 0 Å². The summed E-state index contributed by atoms with van der Waals surface area (Å²) in [5, 5.41) is 2.88. The number of benzene rings is 1. The van der Waals surface area contributed by atoms with Gasteiger partial charge in [-0.15, -0.1) is 0 Å². The van der Waals surface area contributed by atoms with Crippen LogP contribution in [0.4, 0.5) is 0 Å². The molecule has 7 heteroatoms. The molecule has 0 bridgehead atoms. The van der Waals surface area contributed by atoms with Gasteiger partial charge < -0.3 is 10.1 Å². The lowest BCUT2D eigenvalue weighted by Crippen LogP contribution is -2.45. The molecule has 1 aliphatic rings. The number of hydrogen-bond acceptors (Lipinski definition) is 4. The number of carbonyl (C=O) groups is 1. The number of piperidine rings is 1. The maximum Gasteiger partial charge on any atom is 0.246 e. The highest BCUT2D eigenvalue weighted by Crippen LogP contribution is 2.32. The summed E-state index contributed by atoms with van der Waals surface area (Å²) in [5.41, 5.74) is 0.943. The van der Waals surface area contributed by atoms with E-state index in [-0.39, 0.29) is 29.2 Å². The molecule has 146 valence electrons. The molecule has 1 atom stereocenters. The van der Waals surface area contributed by atoms with Crippen LogP contribution in [0, 0.1) is 5.92 Å². The van der Waals surface area contributed by atoms with Gasteiger partial charge in [-0.2, -0.15) is 4.31 Å². The molecular weight excluding hydrogens is 352 g/mol. The van der Waals surface area contributed by atoms with E-state index in [9.17, 15) is 13.2 Å². The molecule has 1 saturated heterocycles. The standard InChI is InChI=1S/C19H30N2O4S/c1-5-10-20-19(22)16-7-6-11-21(13-16)26(23,24)18-12-15(14(2)3)8-9-17(18)25-4/h8-9,12,14,16H,5-7,10-11,13H2,1-4H3,(H,20,22)/t16-/m1/s1. The molecule has 2 rings (SSSR count). The molecule has 0 radical (unpaired) electrons. The van der Waals surface area contributed by atoms with Gasteiger partial charge in [0.2, 0.25) is 15.9 Å². The molecule has 1 heterocycles. The molecule has 6 nitrogen and oxygen atoms in total. The van der Waals surface area contributed by atoms with Crippen molar-refractivity contribution < 1.29 is 17.9 Å². The Hall–Kier alpha value is -1.60. The van der Waals surface area contributed by atoms with Gasteiger partial charge in [0, 0.05) is 19.6 Å². The number of nitrogens with one attached hydrogen (secondary N) is 1. The first-order chi connectivity index (χ1) is 12.3. The summed E-state index contributed by atoms with van der Waals surface area (Å²) >= 11 is 0. The van der Waals surface area contributed by atoms with Crippen LogP contribution in [0.2, 0.25) is 0 Å². The quantitative estimate of drug-likeness (QED) is 0.787. The fraction of sp³-hybridized carbons (Fsp3) is 0.632. The molecule has 1 aromatic carbocycles. The van der Waals surface area contributed by atoms with Gasteiger partial charge in [-0.25, -0.2) is 8.42 Å². The number of amides is 1. The van der Waals surface area contributed by atoms with Crippen molar-refractivity contribution in [3.8, 4) is 5.75 Å². The molecular formula is C19H30N2O4S. The number of rotatable bonds is 7. The fourth-order valence-corrected chi connectivity index (χ4v) is 4.87. The average molecular weight is 383 g/mol. The average Bonchev–Trinajstić information content (AvgIpc) is 2.65. The summed E-state index contributed by atoms with van der Waals surface area (Å²) in [5.74, 6) is 0.190. The Balaban J connectivity index is 2.29. The van der Waals surface area contributed by atoms with Crippen molar-refractivity contribution >= 4 is 15.9 Å². The minimum atomic E-state index is -3.72. The predicted octanol–water partition coefficient (Wildman–Crippen LogP) is 2.75. The van der Waals surface area contributed by atoms with E-state index in [0.29, 0.717) is 31.7 Å². The topological polar surface area (TPSA) is 75.7 Å². The number of ether oxygens (including phenoxy) is 1. The minimum Gasteiger partial charge on any atom is -0.495 e. The number of methoxy groups -OCH3 is 1. The molecule has 0 saturated carbocycles. The SMILES string of the molecule is CCCNC(=O)[C@@H]1CCCN(S(=O)(=O)c2cc(C(C)C)ccc2OC)C1. The van der Waals surface area contributed by atoms with Crippen LogP contribution in [-0.4, -0.2) is 45.4 Å². The van der Waals surface area contributed by atoms with Gasteiger partial charge in [-0.05, 0) is 42.9 Å². The zero-order valence-corrected chi connectivity index (χ0v) is 16.9. The van der Waals surface area contributed by atoms with Crippen LogP contribution in [0.3, 0.4) is 0 Å². The highest BCUT2D eigenvalue weighted by molar-refractivity contribution is 7.89. The highest BCUT2D eigenvalue weighted by Gasteiger charge is 2.35. The van der Waals surface area contributed by atoms with Crippen molar-refractivity contribution in [3.63, 3.8) is 0 Å². The third-order valence-electron chi connectivity index (χ3n) is 4.78. The maximum atomic E-state index is 13.2. The van der Waals surface area contributed by atoms with Gasteiger partial charge in [0.15, 0.2) is 0 Å². The van der Waals surface area contributed by atoms with E-state index in [4.69, 9.17) is 4.74 Å². The lowest BCUT2D eigenvalue weighted by atomic mass is 9.99. The summed E-state index contributed by atoms with van der Waals surface area (Å²) < 4.78 is 33.2. The lowest BCUT2D eigenvalue weighted by Gasteiger charge is -2.31. The van der Waals surface area contributed by atoms with Crippen molar-refractivity contribution in [3.05, 3.63) is 23.8 Å². The minimum absolute atomic E-state index is 0.0605. The Labute approximate surface area is 157 Å². The van der Waals surface area contributed by atoms with Crippen LogP contribution in [0.5, 0.6) is 5.75 Å². The van der Waals surface area contributed by atoms with Crippen molar-refractivity contribution in [2.24, 2.45) is 5.92 Å². The monoisotopic (exact) mass is 382 g/mol. The molecule has 0 aromatic heterocycles. The summed E-state index contributed by atoms with van der Waals surface area (Å²) in [4.78, 5) is 12.5. The van der Waals surface area contributed by atoms with Gasteiger partial charge in [0.05, 0.1) is 13.0 Å². The third kappa shape index (κ3) is 4.57. The first-order valence-electron chi connectivity index (χ1n) is 9.27. The smallest absolute Gasteiger partial charge is 0.246 e. The molecule has 0 unspecified atom stereocenters. The van der Waals surface area contributed by atoms with Crippen LogP contribution >= 0.6 is 0 Å². The Bertz CT molecular complexity index is 731. The summed E-state index contributed by atoms with van der Waals surface area (Å²) in [7, 11) is -2.25. The second-order valence-corrected chi connectivity index (χ2v) is 8.96. The Morgan fingerprint density at radius 2 is 2.12 bits per heavy atom. The van der Waals surface area contributed by atoms with Crippen LogP contribution in [0.15, 0.2) is 23.1 Å². The van der Waals surface area contributed by atoms with E-state index in [2.05, 4.69) is 5.32 Å². The Morgan fingerprint density at radius 1 is 1.38 bits per heavy atom. The summed E-state index contributed by atoms with van der Waals surface area (Å²) in [6, 6.07) is 5.29. The first-order valence-corrected chi connectivity index (χ1v) is 10.7. The van der Waals surface area contributed by atoms with E-state index in [1.165, 1.54) is 11.4 Å². The molecule has 1 fully saturated rings. The van der Waals surface area contributed by atoms with Crippen molar-refractivity contribution in [2.45, 2.75) is 50.8 Å². The van der Waals surface area contributed by atoms with Gasteiger partial charge >= 0.3 is 0 Å². The second-order valence-electron chi connectivity index (χ2n) is 7.06. The van der Waals surface area contributed by atoms with Crippen LogP contribution < -0.4 is 10.1 Å². The number of sulfonamides is 1. The van der Waals surface area contributed by atoms with Crippen molar-refractivity contribution in [1.82, 2.24) is 9.62 Å². The Kier molecular flexibility index (Phi) is 7.06. The van der Waals surface area contributed by atoms with Crippen molar-refractivity contribution in [1.29, 1.82) is 0 Å². The molecule has 0 aliphatic carbocycles. The zero-order valence-electron chi connectivity index (χ0n) is 16.1. The number of hydrogen-bond donors (Lipinski definition) is 1. The van der Waals surface area contributed by atoms with E-state index in [1.807, 2.05) is 26.8 Å². The number of carbonyl (C=O) groups excluding carboxylic acids is 1. The van der Waals surface area contributed by atoms with Crippen LogP contribution in [-0.2, 0) is 14.8 Å². The first kappa shape index (κ1) is 20.7. The molecule has 1 aliphatic heterocycles. The molecule has 0 spiro atoms. The molecule has 1 aromatic rings. The Morgan fingerprint density at radius 3 is 2.73 bits per heavy atom. The van der Waals surface area contributed by atoms with Gasteiger partial charge in [0.25, 0.3) is 0 Å². The normalized spacial score (nSPS) is 18.7. The van der Waals surface area contributed by atoms with Crippen molar-refractivity contribution in [2.75, 3.05) is 26.7 Å². The highest BCUT2D eigenvalue weighted by atomic mass is 32.2. The lowest BCUT2D eigenvalue weighted by molar-refractivity contribution is -0.126.